The lowest BCUT2D eigenvalue weighted by molar-refractivity contribution is -0.116. The van der Waals surface area contributed by atoms with Crippen molar-refractivity contribution in [3.8, 4) is 6.07 Å². The third-order valence-electron chi connectivity index (χ3n) is 2.89. The Morgan fingerprint density at radius 3 is 2.64 bits per heavy atom. The van der Waals surface area contributed by atoms with E-state index in [1.807, 2.05) is 6.07 Å². The molecule has 22 heavy (non-hydrogen) atoms. The standard InChI is InChI=1S/C17H12ClFN2O/c18-14-3-1-2-12(10-14)4-9-17(22)21-16(11-20)13-5-7-15(19)8-6-13/h1-10,16H,(H,21,22)/b9-4+/t16-/m1/s1. The summed E-state index contributed by atoms with van der Waals surface area (Å²) >= 11 is 5.85. The first-order chi connectivity index (χ1) is 10.6. The molecular weight excluding hydrogens is 303 g/mol. The van der Waals surface area contributed by atoms with E-state index >= 15 is 0 Å². The van der Waals surface area contributed by atoms with Crippen LogP contribution in [-0.4, -0.2) is 5.91 Å². The van der Waals surface area contributed by atoms with Gasteiger partial charge in [0.2, 0.25) is 5.91 Å². The molecule has 0 saturated heterocycles. The van der Waals surface area contributed by atoms with Crippen LogP contribution in [0.4, 0.5) is 4.39 Å². The number of amides is 1. The van der Waals surface area contributed by atoms with Crippen molar-refractivity contribution >= 4 is 23.6 Å². The van der Waals surface area contributed by atoms with Gasteiger partial charge in [0, 0.05) is 11.1 Å². The van der Waals surface area contributed by atoms with Crippen molar-refractivity contribution in [3.63, 3.8) is 0 Å². The van der Waals surface area contributed by atoms with Crippen LogP contribution in [0.1, 0.15) is 17.2 Å². The minimum absolute atomic E-state index is 0.396. The fourth-order valence-electron chi connectivity index (χ4n) is 1.82. The molecule has 0 aliphatic heterocycles. The van der Waals surface area contributed by atoms with E-state index in [0.29, 0.717) is 10.6 Å². The van der Waals surface area contributed by atoms with Crippen LogP contribution in [0.3, 0.4) is 0 Å². The van der Waals surface area contributed by atoms with Crippen molar-refractivity contribution in [2.45, 2.75) is 6.04 Å². The number of rotatable bonds is 4. The Hall–Kier alpha value is -2.64. The second kappa shape index (κ2) is 7.39. The molecule has 0 aromatic heterocycles. The Bertz CT molecular complexity index is 735. The topological polar surface area (TPSA) is 52.9 Å². The van der Waals surface area contributed by atoms with Gasteiger partial charge in [0.15, 0.2) is 0 Å². The monoisotopic (exact) mass is 314 g/mol. The minimum atomic E-state index is -0.836. The molecule has 2 aromatic carbocycles. The molecule has 0 spiro atoms. The average Bonchev–Trinajstić information content (AvgIpc) is 2.52. The lowest BCUT2D eigenvalue weighted by Gasteiger charge is -2.10. The first kappa shape index (κ1) is 15.7. The van der Waals surface area contributed by atoms with Crippen molar-refractivity contribution in [1.29, 1.82) is 5.26 Å². The molecule has 0 saturated carbocycles. The molecule has 5 heteroatoms. The minimum Gasteiger partial charge on any atom is -0.333 e. The molecule has 2 aromatic rings. The maximum absolute atomic E-state index is 12.9. The van der Waals surface area contributed by atoms with E-state index in [9.17, 15) is 9.18 Å². The smallest absolute Gasteiger partial charge is 0.245 e. The average molecular weight is 315 g/mol. The fraction of sp³-hybridized carbons (Fsp3) is 0.0588. The zero-order valence-corrected chi connectivity index (χ0v) is 12.2. The van der Waals surface area contributed by atoms with Crippen LogP contribution in [0.5, 0.6) is 0 Å². The summed E-state index contributed by atoms with van der Waals surface area (Å²) in [6, 6.07) is 13.6. The van der Waals surface area contributed by atoms with Gasteiger partial charge >= 0.3 is 0 Å². The van der Waals surface area contributed by atoms with Crippen LogP contribution in [0.25, 0.3) is 6.08 Å². The van der Waals surface area contributed by atoms with Crippen LogP contribution < -0.4 is 5.32 Å². The molecule has 1 atom stereocenters. The van der Waals surface area contributed by atoms with E-state index < -0.39 is 17.8 Å². The van der Waals surface area contributed by atoms with E-state index in [1.165, 1.54) is 30.3 Å². The molecule has 0 bridgehead atoms. The molecule has 0 heterocycles. The van der Waals surface area contributed by atoms with Gasteiger partial charge in [0.25, 0.3) is 0 Å². The first-order valence-corrected chi connectivity index (χ1v) is 6.85. The van der Waals surface area contributed by atoms with Gasteiger partial charge in [-0.05, 0) is 41.5 Å². The van der Waals surface area contributed by atoms with Gasteiger partial charge in [-0.15, -0.1) is 0 Å². The Balaban J connectivity index is 2.04. The van der Waals surface area contributed by atoms with Gasteiger partial charge in [-0.3, -0.25) is 4.79 Å². The van der Waals surface area contributed by atoms with Crippen LogP contribution >= 0.6 is 11.6 Å². The van der Waals surface area contributed by atoms with Crippen molar-refractivity contribution in [2.75, 3.05) is 0 Å². The zero-order chi connectivity index (χ0) is 15.9. The molecule has 1 N–H and O–H groups in total. The highest BCUT2D eigenvalue weighted by Gasteiger charge is 2.12. The van der Waals surface area contributed by atoms with Gasteiger partial charge < -0.3 is 5.32 Å². The molecule has 2 rings (SSSR count). The highest BCUT2D eigenvalue weighted by atomic mass is 35.5. The normalized spacial score (nSPS) is 11.9. The van der Waals surface area contributed by atoms with Crippen LogP contribution in [0, 0.1) is 17.1 Å². The summed E-state index contributed by atoms with van der Waals surface area (Å²) in [6.45, 7) is 0. The van der Waals surface area contributed by atoms with Gasteiger partial charge in [-0.2, -0.15) is 5.26 Å². The lowest BCUT2D eigenvalue weighted by Crippen LogP contribution is -2.25. The van der Waals surface area contributed by atoms with E-state index in [1.54, 1.807) is 30.3 Å². The van der Waals surface area contributed by atoms with Crippen molar-refractivity contribution in [3.05, 3.63) is 76.6 Å². The number of nitriles is 1. The Labute approximate surface area is 132 Å². The predicted octanol–water partition coefficient (Wildman–Crippen LogP) is 3.87. The van der Waals surface area contributed by atoms with Crippen molar-refractivity contribution < 1.29 is 9.18 Å². The van der Waals surface area contributed by atoms with E-state index in [-0.39, 0.29) is 0 Å². The van der Waals surface area contributed by atoms with Gasteiger partial charge in [0.1, 0.15) is 11.9 Å². The van der Waals surface area contributed by atoms with E-state index in [0.717, 1.165) is 5.56 Å². The van der Waals surface area contributed by atoms with Gasteiger partial charge in [-0.25, -0.2) is 4.39 Å². The maximum Gasteiger partial charge on any atom is 0.245 e. The molecule has 3 nitrogen and oxygen atoms in total. The molecule has 0 aliphatic carbocycles. The molecule has 0 radical (unpaired) electrons. The van der Waals surface area contributed by atoms with Crippen LogP contribution in [-0.2, 0) is 4.79 Å². The highest BCUT2D eigenvalue weighted by Crippen LogP contribution is 2.14. The Kier molecular flexibility index (Phi) is 5.29. The number of nitrogens with zero attached hydrogens (tertiary/aromatic N) is 1. The first-order valence-electron chi connectivity index (χ1n) is 6.48. The number of carbonyl (C=O) groups is 1. The largest absolute Gasteiger partial charge is 0.333 e. The summed E-state index contributed by atoms with van der Waals surface area (Å²) in [5.41, 5.74) is 1.30. The summed E-state index contributed by atoms with van der Waals surface area (Å²) in [4.78, 5) is 11.9. The van der Waals surface area contributed by atoms with Gasteiger partial charge in [-0.1, -0.05) is 35.9 Å². The molecule has 110 valence electrons. The SMILES string of the molecule is N#C[C@@H](NC(=O)/C=C/c1cccc(Cl)c1)c1ccc(F)cc1. The summed E-state index contributed by atoms with van der Waals surface area (Å²) in [6.07, 6.45) is 2.92. The zero-order valence-electron chi connectivity index (χ0n) is 11.5. The van der Waals surface area contributed by atoms with Crippen molar-refractivity contribution in [1.82, 2.24) is 5.32 Å². The summed E-state index contributed by atoms with van der Waals surface area (Å²) in [5.74, 6) is -0.816. The molecule has 1 amide bonds. The Morgan fingerprint density at radius 2 is 2.00 bits per heavy atom. The number of hydrogen-bond donors (Lipinski definition) is 1. The predicted molar refractivity (Wildman–Crippen MR) is 83.4 cm³/mol. The molecule has 0 fully saturated rings. The quantitative estimate of drug-likeness (QED) is 0.871. The second-order valence-corrected chi connectivity index (χ2v) is 4.95. The molecular formula is C17H12ClFN2O. The lowest BCUT2D eigenvalue weighted by atomic mass is 10.1. The Morgan fingerprint density at radius 1 is 1.27 bits per heavy atom. The van der Waals surface area contributed by atoms with Crippen LogP contribution in [0.15, 0.2) is 54.6 Å². The number of carbonyl (C=O) groups excluding carboxylic acids is 1. The molecule has 0 aliphatic rings. The summed E-state index contributed by atoms with van der Waals surface area (Å²) < 4.78 is 12.9. The van der Waals surface area contributed by atoms with Gasteiger partial charge in [0.05, 0.1) is 6.07 Å². The third-order valence-corrected chi connectivity index (χ3v) is 3.13. The summed E-state index contributed by atoms with van der Waals surface area (Å²) in [5, 5.41) is 12.2. The number of hydrogen-bond acceptors (Lipinski definition) is 2. The fourth-order valence-corrected chi connectivity index (χ4v) is 2.02. The van der Waals surface area contributed by atoms with Crippen LogP contribution in [0.2, 0.25) is 5.02 Å². The highest BCUT2D eigenvalue weighted by molar-refractivity contribution is 6.30. The second-order valence-electron chi connectivity index (χ2n) is 4.51. The number of halogens is 2. The number of nitrogens with one attached hydrogen (secondary N) is 1. The third kappa shape index (κ3) is 4.44. The maximum atomic E-state index is 12.9. The summed E-state index contributed by atoms with van der Waals surface area (Å²) in [7, 11) is 0. The van der Waals surface area contributed by atoms with Crippen molar-refractivity contribution in [2.24, 2.45) is 0 Å². The molecule has 0 unspecified atom stereocenters. The van der Waals surface area contributed by atoms with E-state index in [2.05, 4.69) is 5.32 Å². The van der Waals surface area contributed by atoms with E-state index in [4.69, 9.17) is 16.9 Å². The number of benzene rings is 2.